The van der Waals surface area contributed by atoms with Crippen LogP contribution in [0.1, 0.15) is 65.7 Å². The molecule has 8 atom stereocenters. The third-order valence-corrected chi connectivity index (χ3v) is 9.07. The number of esters is 1. The molecular weight excluding hydrogens is 328 g/mol. The fourth-order valence-corrected chi connectivity index (χ4v) is 7.75. The first-order valence-corrected chi connectivity index (χ1v) is 10.3. The summed E-state index contributed by atoms with van der Waals surface area (Å²) in [4.78, 5) is 11.4. The Morgan fingerprint density at radius 1 is 1.19 bits per heavy atom. The molecule has 4 fully saturated rings. The van der Waals surface area contributed by atoms with Crippen LogP contribution in [0.3, 0.4) is 0 Å². The van der Waals surface area contributed by atoms with Crippen molar-refractivity contribution in [1.29, 1.82) is 0 Å². The lowest BCUT2D eigenvalue weighted by atomic mass is 9.40. The molecule has 4 heteroatoms. The van der Waals surface area contributed by atoms with E-state index in [1.807, 2.05) is 0 Å². The second-order valence-electron chi connectivity index (χ2n) is 10.2. The molecule has 0 radical (unpaired) electrons. The van der Waals surface area contributed by atoms with Gasteiger partial charge in [-0.1, -0.05) is 26.0 Å². The topological polar surface area (TPSA) is 66.8 Å². The van der Waals surface area contributed by atoms with E-state index in [0.717, 1.165) is 32.1 Å². The van der Waals surface area contributed by atoms with Crippen molar-refractivity contribution in [3.63, 3.8) is 0 Å². The summed E-state index contributed by atoms with van der Waals surface area (Å²) in [6.45, 7) is 10.4. The molecule has 4 aliphatic carbocycles. The predicted molar refractivity (Wildman–Crippen MR) is 99.2 cm³/mol. The number of allylic oxidation sites excluding steroid dienone is 1. The monoisotopic (exact) mass is 362 g/mol. The lowest BCUT2D eigenvalue weighted by Gasteiger charge is -2.66. The molecule has 0 heterocycles. The Morgan fingerprint density at radius 3 is 2.62 bits per heavy atom. The molecule has 0 aromatic heterocycles. The Morgan fingerprint density at radius 2 is 1.92 bits per heavy atom. The lowest BCUT2D eigenvalue weighted by molar-refractivity contribution is -0.232. The maximum absolute atomic E-state index is 11.4. The van der Waals surface area contributed by atoms with Gasteiger partial charge in [-0.2, -0.15) is 0 Å². The van der Waals surface area contributed by atoms with Crippen molar-refractivity contribution in [2.75, 3.05) is 6.61 Å². The van der Waals surface area contributed by atoms with Gasteiger partial charge < -0.3 is 14.9 Å². The summed E-state index contributed by atoms with van der Waals surface area (Å²) in [5.41, 5.74) is 0.902. The van der Waals surface area contributed by atoms with Gasteiger partial charge in [-0.3, -0.25) is 4.79 Å². The minimum absolute atomic E-state index is 0.0180. The molecule has 4 nitrogen and oxygen atoms in total. The van der Waals surface area contributed by atoms with Crippen LogP contribution < -0.4 is 0 Å². The van der Waals surface area contributed by atoms with Crippen molar-refractivity contribution >= 4 is 5.97 Å². The number of carbonyl (C=O) groups is 1. The number of ether oxygens (including phenoxy) is 1. The Kier molecular flexibility index (Phi) is 4.13. The van der Waals surface area contributed by atoms with Crippen LogP contribution in [-0.2, 0) is 9.53 Å². The summed E-state index contributed by atoms with van der Waals surface area (Å²) in [6.07, 6.45) is 5.98. The van der Waals surface area contributed by atoms with E-state index >= 15 is 0 Å². The summed E-state index contributed by atoms with van der Waals surface area (Å²) in [5.74, 6) is 0.909. The minimum atomic E-state index is -0.492. The van der Waals surface area contributed by atoms with E-state index in [2.05, 4.69) is 20.4 Å². The molecule has 2 N–H and O–H groups in total. The Balaban J connectivity index is 1.72. The van der Waals surface area contributed by atoms with E-state index in [1.165, 1.54) is 18.9 Å². The Bertz CT molecular complexity index is 630. The first-order valence-electron chi connectivity index (χ1n) is 10.3. The van der Waals surface area contributed by atoms with Crippen molar-refractivity contribution < 1.29 is 19.7 Å². The van der Waals surface area contributed by atoms with Gasteiger partial charge in [0.25, 0.3) is 0 Å². The summed E-state index contributed by atoms with van der Waals surface area (Å²) < 4.78 is 5.40. The van der Waals surface area contributed by atoms with Crippen LogP contribution in [0, 0.1) is 34.0 Å². The lowest BCUT2D eigenvalue weighted by Crippen LogP contribution is -2.65. The van der Waals surface area contributed by atoms with Gasteiger partial charge in [-0.15, -0.1) is 0 Å². The largest absolute Gasteiger partial charge is 0.465 e. The maximum atomic E-state index is 11.4. The average Bonchev–Trinajstić information content (AvgIpc) is 2.83. The van der Waals surface area contributed by atoms with E-state index in [4.69, 9.17) is 4.74 Å². The van der Waals surface area contributed by atoms with Crippen LogP contribution in [-0.4, -0.2) is 35.0 Å². The van der Waals surface area contributed by atoms with E-state index in [9.17, 15) is 15.0 Å². The van der Waals surface area contributed by atoms with Gasteiger partial charge >= 0.3 is 5.97 Å². The highest BCUT2D eigenvalue weighted by molar-refractivity contribution is 5.65. The van der Waals surface area contributed by atoms with Gasteiger partial charge in [0.15, 0.2) is 0 Å². The van der Waals surface area contributed by atoms with Crippen LogP contribution in [0.5, 0.6) is 0 Å². The normalized spacial score (nSPS) is 53.0. The highest BCUT2D eigenvalue weighted by Crippen LogP contribution is 2.72. The van der Waals surface area contributed by atoms with Crippen LogP contribution in [0.2, 0.25) is 0 Å². The maximum Gasteiger partial charge on any atom is 0.302 e. The summed E-state index contributed by atoms with van der Waals surface area (Å²) in [5, 5.41) is 22.2. The number of hydrogen-bond acceptors (Lipinski definition) is 4. The van der Waals surface area contributed by atoms with Gasteiger partial charge in [0.1, 0.15) is 0 Å². The molecule has 0 saturated heterocycles. The Labute approximate surface area is 157 Å². The predicted octanol–water partition coefficient (Wildman–Crippen LogP) is 3.46. The van der Waals surface area contributed by atoms with Crippen molar-refractivity contribution in [2.45, 2.75) is 77.9 Å². The zero-order chi connectivity index (χ0) is 18.9. The molecule has 26 heavy (non-hydrogen) atoms. The van der Waals surface area contributed by atoms with Gasteiger partial charge in [0, 0.05) is 17.8 Å². The summed E-state index contributed by atoms with van der Waals surface area (Å²) in [7, 11) is 0. The van der Waals surface area contributed by atoms with E-state index in [0.29, 0.717) is 18.3 Å². The fourth-order valence-electron chi connectivity index (χ4n) is 7.75. The number of fused-ring (bicyclic) bond motifs is 3. The van der Waals surface area contributed by atoms with Gasteiger partial charge in [0.05, 0.1) is 18.8 Å². The molecule has 146 valence electrons. The zero-order valence-corrected chi connectivity index (χ0v) is 16.5. The van der Waals surface area contributed by atoms with Crippen molar-refractivity contribution in [3.8, 4) is 0 Å². The number of aliphatic hydroxyl groups excluding tert-OH is 2. The standard InChI is InChI=1S/C22H34O4/c1-13-10-22-11-15(13)5-6-16(22)20(3)8-7-18(24)21(4,12-26-14(2)23)17(20)9-19(22)25/h15-19,24-25H,1,5-12H2,2-4H3/t15-,16-,17+,18+,19-,20-,21+,22-/m0/s1. The van der Waals surface area contributed by atoms with Crippen LogP contribution in [0.4, 0.5) is 0 Å². The molecule has 0 aliphatic heterocycles. The van der Waals surface area contributed by atoms with E-state index in [1.54, 1.807) is 0 Å². The molecule has 4 aliphatic rings. The van der Waals surface area contributed by atoms with Crippen LogP contribution in [0.25, 0.3) is 0 Å². The minimum Gasteiger partial charge on any atom is -0.465 e. The van der Waals surface area contributed by atoms with Gasteiger partial charge in [-0.05, 0) is 68.1 Å². The van der Waals surface area contributed by atoms with Crippen LogP contribution in [0.15, 0.2) is 12.2 Å². The highest BCUT2D eigenvalue weighted by Gasteiger charge is 2.68. The number of rotatable bonds is 2. The van der Waals surface area contributed by atoms with Crippen molar-refractivity contribution in [3.05, 3.63) is 12.2 Å². The second-order valence-corrected chi connectivity index (χ2v) is 10.2. The number of aliphatic hydroxyl groups is 2. The fraction of sp³-hybridized carbons (Fsp3) is 0.864. The molecule has 4 saturated carbocycles. The molecule has 0 amide bonds. The molecule has 0 unspecified atom stereocenters. The zero-order valence-electron chi connectivity index (χ0n) is 16.5. The van der Waals surface area contributed by atoms with E-state index in [-0.39, 0.29) is 35.4 Å². The Hall–Kier alpha value is -0.870. The highest BCUT2D eigenvalue weighted by atomic mass is 16.5. The molecule has 1 spiro atoms. The van der Waals surface area contributed by atoms with Gasteiger partial charge in [-0.25, -0.2) is 0 Å². The first kappa shape index (κ1) is 18.5. The van der Waals surface area contributed by atoms with Crippen molar-refractivity contribution in [1.82, 2.24) is 0 Å². The molecule has 0 aromatic carbocycles. The molecule has 2 bridgehead atoms. The smallest absolute Gasteiger partial charge is 0.302 e. The molecule has 0 aromatic rings. The summed E-state index contributed by atoms with van der Waals surface area (Å²) in [6, 6.07) is 0. The summed E-state index contributed by atoms with van der Waals surface area (Å²) >= 11 is 0. The van der Waals surface area contributed by atoms with E-state index < -0.39 is 11.5 Å². The third-order valence-electron chi connectivity index (χ3n) is 9.07. The number of hydrogen-bond donors (Lipinski definition) is 2. The van der Waals surface area contributed by atoms with Gasteiger partial charge in [0.2, 0.25) is 0 Å². The third kappa shape index (κ3) is 2.30. The molecule has 4 rings (SSSR count). The SMILES string of the molecule is C=C1C[C@]23C[C@@H]1CC[C@H]2[C@]1(C)CC[C@@H](O)[C@](C)(COC(C)=O)[C@@H]1C[C@@H]3O. The number of carbonyl (C=O) groups excluding carboxylic acids is 1. The van der Waals surface area contributed by atoms with Crippen molar-refractivity contribution in [2.24, 2.45) is 34.0 Å². The first-order chi connectivity index (χ1) is 12.1. The van der Waals surface area contributed by atoms with Crippen LogP contribution >= 0.6 is 0 Å². The average molecular weight is 363 g/mol. The molecular formula is C22H34O4. The quantitative estimate of drug-likeness (QED) is 0.583. The second kappa shape index (κ2) is 5.81.